The van der Waals surface area contributed by atoms with Crippen LogP contribution in [0, 0.1) is 13.8 Å². The summed E-state index contributed by atoms with van der Waals surface area (Å²) in [6, 6.07) is 6.01. The average molecular weight is 326 g/mol. The van der Waals surface area contributed by atoms with Crippen LogP contribution in [0.15, 0.2) is 18.2 Å². The summed E-state index contributed by atoms with van der Waals surface area (Å²) >= 11 is 12.2. The van der Waals surface area contributed by atoms with E-state index in [4.69, 9.17) is 23.2 Å². The number of aromatic nitrogens is 2. The monoisotopic (exact) mass is 325 g/mol. The fourth-order valence-corrected chi connectivity index (χ4v) is 3.09. The SMILES string of the molecule is Cc1nn(C(C)C)c(C)c1NC(C)c1ccc(Cl)cc1Cl. The van der Waals surface area contributed by atoms with Crippen LogP contribution in [0.5, 0.6) is 0 Å². The van der Waals surface area contributed by atoms with Crippen LogP contribution in [-0.2, 0) is 0 Å². The van der Waals surface area contributed by atoms with E-state index in [1.165, 1.54) is 0 Å². The van der Waals surface area contributed by atoms with Crippen molar-refractivity contribution in [1.82, 2.24) is 9.78 Å². The van der Waals surface area contributed by atoms with E-state index in [-0.39, 0.29) is 6.04 Å². The summed E-state index contributed by atoms with van der Waals surface area (Å²) < 4.78 is 2.04. The van der Waals surface area contributed by atoms with E-state index < -0.39 is 0 Å². The second-order valence-corrected chi connectivity index (χ2v) is 6.46. The zero-order valence-corrected chi connectivity index (χ0v) is 14.5. The van der Waals surface area contributed by atoms with E-state index in [9.17, 15) is 0 Å². The molecule has 0 spiro atoms. The minimum Gasteiger partial charge on any atom is -0.375 e. The average Bonchev–Trinajstić information content (AvgIpc) is 2.66. The van der Waals surface area contributed by atoms with Crippen LogP contribution in [0.2, 0.25) is 10.0 Å². The summed E-state index contributed by atoms with van der Waals surface area (Å²) in [5, 5.41) is 9.44. The molecule has 0 aliphatic carbocycles. The summed E-state index contributed by atoms with van der Waals surface area (Å²) in [6.07, 6.45) is 0. The van der Waals surface area contributed by atoms with E-state index in [1.807, 2.05) is 23.7 Å². The van der Waals surface area contributed by atoms with Gasteiger partial charge in [0.1, 0.15) is 0 Å². The first kappa shape index (κ1) is 16.2. The van der Waals surface area contributed by atoms with Crippen molar-refractivity contribution < 1.29 is 0 Å². The summed E-state index contributed by atoms with van der Waals surface area (Å²) in [7, 11) is 0. The first-order chi connectivity index (χ1) is 9.81. The number of nitrogens with one attached hydrogen (secondary N) is 1. The Balaban J connectivity index is 2.29. The summed E-state index contributed by atoms with van der Waals surface area (Å²) in [5.74, 6) is 0. The molecule has 114 valence electrons. The lowest BCUT2D eigenvalue weighted by Crippen LogP contribution is -2.09. The van der Waals surface area contributed by atoms with Gasteiger partial charge < -0.3 is 5.32 Å². The van der Waals surface area contributed by atoms with Crippen LogP contribution in [0.4, 0.5) is 5.69 Å². The fraction of sp³-hybridized carbons (Fsp3) is 0.438. The van der Waals surface area contributed by atoms with Crippen molar-refractivity contribution in [2.24, 2.45) is 0 Å². The van der Waals surface area contributed by atoms with E-state index in [0.29, 0.717) is 16.1 Å². The lowest BCUT2D eigenvalue weighted by Gasteiger charge is -2.18. The first-order valence-electron chi connectivity index (χ1n) is 7.08. The molecule has 0 amide bonds. The third-order valence-corrected chi connectivity index (χ3v) is 4.17. The molecule has 5 heteroatoms. The maximum absolute atomic E-state index is 6.28. The Morgan fingerprint density at radius 2 is 1.81 bits per heavy atom. The number of halogens is 2. The molecule has 0 saturated heterocycles. The Kier molecular flexibility index (Phi) is 4.84. The second kappa shape index (κ2) is 6.29. The molecule has 1 aromatic heterocycles. The van der Waals surface area contributed by atoms with Crippen molar-refractivity contribution in [3.63, 3.8) is 0 Å². The van der Waals surface area contributed by atoms with Gasteiger partial charge in [0.25, 0.3) is 0 Å². The van der Waals surface area contributed by atoms with Gasteiger partial charge in [0, 0.05) is 16.1 Å². The molecule has 1 N–H and O–H groups in total. The van der Waals surface area contributed by atoms with Gasteiger partial charge in [0.2, 0.25) is 0 Å². The molecule has 1 heterocycles. The third kappa shape index (κ3) is 3.35. The standard InChI is InChI=1S/C16H21Cl2N3/c1-9(2)21-12(5)16(11(4)20-21)19-10(3)14-7-6-13(17)8-15(14)18/h6-10,19H,1-5H3. The summed E-state index contributed by atoms with van der Waals surface area (Å²) in [6.45, 7) is 10.4. The number of hydrogen-bond acceptors (Lipinski definition) is 2. The predicted molar refractivity (Wildman–Crippen MR) is 90.6 cm³/mol. The van der Waals surface area contributed by atoms with Gasteiger partial charge >= 0.3 is 0 Å². The quantitative estimate of drug-likeness (QED) is 0.797. The minimum absolute atomic E-state index is 0.0805. The minimum atomic E-state index is 0.0805. The van der Waals surface area contributed by atoms with Crippen LogP contribution < -0.4 is 5.32 Å². The molecule has 0 radical (unpaired) electrons. The van der Waals surface area contributed by atoms with E-state index in [1.54, 1.807) is 6.07 Å². The lowest BCUT2D eigenvalue weighted by molar-refractivity contribution is 0.516. The lowest BCUT2D eigenvalue weighted by atomic mass is 10.1. The van der Waals surface area contributed by atoms with Crippen LogP contribution in [0.3, 0.4) is 0 Å². The van der Waals surface area contributed by atoms with Gasteiger partial charge in [-0.05, 0) is 52.3 Å². The van der Waals surface area contributed by atoms with Gasteiger partial charge in [-0.1, -0.05) is 29.3 Å². The maximum atomic E-state index is 6.28. The van der Waals surface area contributed by atoms with Crippen molar-refractivity contribution in [2.45, 2.75) is 46.7 Å². The molecule has 1 unspecified atom stereocenters. The van der Waals surface area contributed by atoms with Crippen LogP contribution in [-0.4, -0.2) is 9.78 Å². The number of nitrogens with zero attached hydrogens (tertiary/aromatic N) is 2. The Labute approximate surface area is 136 Å². The van der Waals surface area contributed by atoms with Gasteiger partial charge in [-0.2, -0.15) is 5.10 Å². The second-order valence-electron chi connectivity index (χ2n) is 5.62. The molecule has 1 aromatic carbocycles. The zero-order valence-electron chi connectivity index (χ0n) is 13.0. The molecule has 0 fully saturated rings. The molecule has 0 bridgehead atoms. The van der Waals surface area contributed by atoms with Crippen molar-refractivity contribution >= 4 is 28.9 Å². The number of hydrogen-bond donors (Lipinski definition) is 1. The Morgan fingerprint density at radius 1 is 1.14 bits per heavy atom. The molecular formula is C16H21Cl2N3. The van der Waals surface area contributed by atoms with E-state index in [0.717, 1.165) is 22.6 Å². The first-order valence-corrected chi connectivity index (χ1v) is 7.84. The molecule has 21 heavy (non-hydrogen) atoms. The molecule has 3 nitrogen and oxygen atoms in total. The highest BCUT2D eigenvalue weighted by Crippen LogP contribution is 2.31. The molecule has 0 aliphatic rings. The number of anilines is 1. The molecule has 0 aliphatic heterocycles. The van der Waals surface area contributed by atoms with Crippen molar-refractivity contribution in [1.29, 1.82) is 0 Å². The van der Waals surface area contributed by atoms with Crippen molar-refractivity contribution in [3.05, 3.63) is 45.2 Å². The van der Waals surface area contributed by atoms with Crippen LogP contribution in [0.1, 0.15) is 49.8 Å². The Bertz CT molecular complexity index is 647. The molecule has 2 aromatic rings. The molecular weight excluding hydrogens is 305 g/mol. The highest BCUT2D eigenvalue weighted by atomic mass is 35.5. The third-order valence-electron chi connectivity index (χ3n) is 3.60. The largest absolute Gasteiger partial charge is 0.375 e. The number of benzene rings is 1. The van der Waals surface area contributed by atoms with Crippen LogP contribution >= 0.6 is 23.2 Å². The Morgan fingerprint density at radius 3 is 2.33 bits per heavy atom. The van der Waals surface area contributed by atoms with Gasteiger partial charge in [-0.3, -0.25) is 4.68 Å². The smallest absolute Gasteiger partial charge is 0.0828 e. The zero-order chi connectivity index (χ0) is 15.7. The van der Waals surface area contributed by atoms with Gasteiger partial charge in [0.15, 0.2) is 0 Å². The molecule has 0 saturated carbocycles. The van der Waals surface area contributed by atoms with E-state index in [2.05, 4.69) is 38.1 Å². The summed E-state index contributed by atoms with van der Waals surface area (Å²) in [5.41, 5.74) is 4.23. The Hall–Kier alpha value is -1.19. The van der Waals surface area contributed by atoms with Crippen LogP contribution in [0.25, 0.3) is 0 Å². The summed E-state index contributed by atoms with van der Waals surface area (Å²) in [4.78, 5) is 0. The number of rotatable bonds is 4. The van der Waals surface area contributed by atoms with E-state index >= 15 is 0 Å². The fourth-order valence-electron chi connectivity index (χ4n) is 2.52. The normalized spacial score (nSPS) is 12.8. The maximum Gasteiger partial charge on any atom is 0.0828 e. The van der Waals surface area contributed by atoms with Gasteiger partial charge in [-0.25, -0.2) is 0 Å². The van der Waals surface area contributed by atoms with Gasteiger partial charge in [0.05, 0.1) is 23.1 Å². The van der Waals surface area contributed by atoms with Gasteiger partial charge in [-0.15, -0.1) is 0 Å². The molecule has 2 rings (SSSR count). The van der Waals surface area contributed by atoms with Crippen molar-refractivity contribution in [3.8, 4) is 0 Å². The highest BCUT2D eigenvalue weighted by molar-refractivity contribution is 6.35. The highest BCUT2D eigenvalue weighted by Gasteiger charge is 2.17. The predicted octanol–water partition coefficient (Wildman–Crippen LogP) is 5.56. The molecule has 1 atom stereocenters. The number of aryl methyl sites for hydroxylation is 1. The van der Waals surface area contributed by atoms with Crippen molar-refractivity contribution in [2.75, 3.05) is 5.32 Å². The topological polar surface area (TPSA) is 29.9 Å².